The van der Waals surface area contributed by atoms with Crippen LogP contribution in [0.5, 0.6) is 11.5 Å². The van der Waals surface area contributed by atoms with Gasteiger partial charge in [-0.3, -0.25) is 0 Å². The number of hydrogen-bond donors (Lipinski definition) is 2. The van der Waals surface area contributed by atoms with Crippen LogP contribution in [0.2, 0.25) is 0 Å². The van der Waals surface area contributed by atoms with Crippen molar-refractivity contribution in [2.75, 3.05) is 13.2 Å². The second kappa shape index (κ2) is 7.69. The third-order valence-electron chi connectivity index (χ3n) is 5.56. The van der Waals surface area contributed by atoms with E-state index in [1.54, 1.807) is 11.3 Å². The Morgan fingerprint density at radius 3 is 2.53 bits per heavy atom. The largest absolute Gasteiger partial charge is 0.486 e. The standard InChI is InChI=1S/C25H19N3O3S/c29-25-27-22(15-6-2-1-3-7-15)21(24-26-17-8-4-5-9-20(17)32-24)23(28-25)16-10-11-18-19(14-16)31-13-12-30-18/h1-11,14,23H,12-13H2,(H2,27,28,29). The fourth-order valence-corrected chi connectivity index (χ4v) is 5.15. The van der Waals surface area contributed by atoms with E-state index in [0.717, 1.165) is 37.6 Å². The molecule has 0 aliphatic carbocycles. The second-order valence-electron chi connectivity index (χ2n) is 7.58. The van der Waals surface area contributed by atoms with Gasteiger partial charge in [0.2, 0.25) is 0 Å². The summed E-state index contributed by atoms with van der Waals surface area (Å²) in [6, 6.07) is 23.1. The lowest BCUT2D eigenvalue weighted by Gasteiger charge is -2.30. The van der Waals surface area contributed by atoms with Gasteiger partial charge < -0.3 is 20.1 Å². The number of amides is 2. The normalized spacial score (nSPS) is 17.8. The Morgan fingerprint density at radius 1 is 0.906 bits per heavy atom. The smallest absolute Gasteiger partial charge is 0.320 e. The van der Waals surface area contributed by atoms with Crippen molar-refractivity contribution < 1.29 is 14.3 Å². The van der Waals surface area contributed by atoms with Gasteiger partial charge in [0.15, 0.2) is 11.5 Å². The first-order valence-corrected chi connectivity index (χ1v) is 11.2. The number of thiazole rings is 1. The highest BCUT2D eigenvalue weighted by Gasteiger charge is 2.32. The van der Waals surface area contributed by atoms with Crippen LogP contribution >= 0.6 is 11.3 Å². The molecule has 4 aromatic rings. The summed E-state index contributed by atoms with van der Waals surface area (Å²) in [6.45, 7) is 1.04. The molecular formula is C25H19N3O3S. The van der Waals surface area contributed by atoms with Gasteiger partial charge in [-0.05, 0) is 35.4 Å². The predicted molar refractivity (Wildman–Crippen MR) is 125 cm³/mol. The number of ether oxygens (including phenoxy) is 2. The van der Waals surface area contributed by atoms with E-state index in [1.807, 2.05) is 66.7 Å². The number of nitrogens with one attached hydrogen (secondary N) is 2. The Labute approximate surface area is 188 Å². The van der Waals surface area contributed by atoms with Crippen molar-refractivity contribution in [1.29, 1.82) is 0 Å². The van der Waals surface area contributed by atoms with Gasteiger partial charge in [0.25, 0.3) is 0 Å². The molecule has 0 saturated heterocycles. The molecule has 6 rings (SSSR count). The Balaban J connectivity index is 1.57. The average Bonchev–Trinajstić information content (AvgIpc) is 3.27. The summed E-state index contributed by atoms with van der Waals surface area (Å²) in [7, 11) is 0. The second-order valence-corrected chi connectivity index (χ2v) is 8.61. The lowest BCUT2D eigenvalue weighted by molar-refractivity contribution is 0.171. The van der Waals surface area contributed by atoms with Crippen LogP contribution in [0.1, 0.15) is 22.2 Å². The zero-order valence-electron chi connectivity index (χ0n) is 17.0. The van der Waals surface area contributed by atoms with E-state index in [4.69, 9.17) is 14.5 Å². The van der Waals surface area contributed by atoms with E-state index < -0.39 is 6.04 Å². The predicted octanol–water partition coefficient (Wildman–Crippen LogP) is 4.99. The molecule has 2 aliphatic heterocycles. The van der Waals surface area contributed by atoms with Crippen LogP contribution in [0.15, 0.2) is 72.8 Å². The highest BCUT2D eigenvalue weighted by Crippen LogP contribution is 2.43. The van der Waals surface area contributed by atoms with Crippen LogP contribution in [0.4, 0.5) is 4.79 Å². The van der Waals surface area contributed by atoms with Gasteiger partial charge in [-0.25, -0.2) is 9.78 Å². The van der Waals surface area contributed by atoms with Crippen molar-refractivity contribution in [2.24, 2.45) is 0 Å². The van der Waals surface area contributed by atoms with E-state index in [2.05, 4.69) is 16.7 Å². The molecule has 0 fully saturated rings. The first-order chi connectivity index (χ1) is 15.8. The Bertz CT molecular complexity index is 1330. The van der Waals surface area contributed by atoms with Crippen molar-refractivity contribution in [1.82, 2.24) is 15.6 Å². The Morgan fingerprint density at radius 2 is 1.69 bits per heavy atom. The molecule has 1 atom stereocenters. The lowest BCUT2D eigenvalue weighted by atomic mass is 9.92. The zero-order valence-corrected chi connectivity index (χ0v) is 17.8. The molecule has 32 heavy (non-hydrogen) atoms. The number of para-hydroxylation sites is 1. The minimum atomic E-state index is -0.393. The van der Waals surface area contributed by atoms with Crippen LogP contribution in [0.25, 0.3) is 21.5 Å². The average molecular weight is 442 g/mol. The SMILES string of the molecule is O=C1NC(c2ccccc2)=C(c2nc3ccccc3s2)C(c2ccc3c(c2)OCCO3)N1. The molecule has 7 heteroatoms. The maximum atomic E-state index is 12.7. The highest BCUT2D eigenvalue weighted by molar-refractivity contribution is 7.19. The zero-order chi connectivity index (χ0) is 21.5. The van der Waals surface area contributed by atoms with Gasteiger partial charge >= 0.3 is 6.03 Å². The summed E-state index contributed by atoms with van der Waals surface area (Å²) in [5.74, 6) is 1.40. The summed E-state index contributed by atoms with van der Waals surface area (Å²) < 4.78 is 12.6. The summed E-state index contributed by atoms with van der Waals surface area (Å²) in [6.07, 6.45) is 0. The summed E-state index contributed by atoms with van der Waals surface area (Å²) in [4.78, 5) is 17.7. The number of fused-ring (bicyclic) bond motifs is 2. The van der Waals surface area contributed by atoms with Crippen molar-refractivity contribution in [2.45, 2.75) is 6.04 Å². The molecule has 0 spiro atoms. The number of benzene rings is 3. The molecular weight excluding hydrogens is 422 g/mol. The van der Waals surface area contributed by atoms with E-state index in [1.165, 1.54) is 0 Å². The number of urea groups is 1. The van der Waals surface area contributed by atoms with Crippen molar-refractivity contribution >= 4 is 38.9 Å². The van der Waals surface area contributed by atoms with E-state index in [0.29, 0.717) is 24.7 Å². The summed E-state index contributed by atoms with van der Waals surface area (Å²) >= 11 is 1.61. The van der Waals surface area contributed by atoms with Crippen molar-refractivity contribution in [3.63, 3.8) is 0 Å². The van der Waals surface area contributed by atoms with Crippen LogP contribution < -0.4 is 20.1 Å². The van der Waals surface area contributed by atoms with Crippen LogP contribution in [-0.2, 0) is 0 Å². The molecule has 6 nitrogen and oxygen atoms in total. The quantitative estimate of drug-likeness (QED) is 0.470. The molecule has 0 bridgehead atoms. The minimum absolute atomic E-state index is 0.256. The Hall–Kier alpha value is -3.84. The molecule has 2 amide bonds. The van der Waals surface area contributed by atoms with Crippen LogP contribution in [0, 0.1) is 0 Å². The lowest BCUT2D eigenvalue weighted by Crippen LogP contribution is -2.43. The molecule has 1 aromatic heterocycles. The summed E-state index contributed by atoms with van der Waals surface area (Å²) in [5.41, 5.74) is 4.46. The van der Waals surface area contributed by atoms with Gasteiger partial charge in [-0.1, -0.05) is 48.5 Å². The number of carbonyl (C=O) groups is 1. The van der Waals surface area contributed by atoms with E-state index in [-0.39, 0.29) is 6.03 Å². The minimum Gasteiger partial charge on any atom is -0.486 e. The molecule has 3 heterocycles. The number of hydrogen-bond acceptors (Lipinski definition) is 5. The molecule has 0 saturated carbocycles. The number of carbonyl (C=O) groups excluding carboxylic acids is 1. The maximum absolute atomic E-state index is 12.7. The molecule has 2 aliphatic rings. The molecule has 1 unspecified atom stereocenters. The van der Waals surface area contributed by atoms with Gasteiger partial charge in [0.05, 0.1) is 22.0 Å². The highest BCUT2D eigenvalue weighted by atomic mass is 32.1. The van der Waals surface area contributed by atoms with Crippen molar-refractivity contribution in [3.05, 3.63) is 88.9 Å². The molecule has 0 radical (unpaired) electrons. The number of aromatic nitrogens is 1. The first-order valence-electron chi connectivity index (χ1n) is 10.4. The Kier molecular flexibility index (Phi) is 4.54. The van der Waals surface area contributed by atoms with Gasteiger partial charge in [0.1, 0.15) is 18.2 Å². The third-order valence-corrected chi connectivity index (χ3v) is 6.63. The molecule has 2 N–H and O–H groups in total. The van der Waals surface area contributed by atoms with Gasteiger partial charge in [-0.15, -0.1) is 11.3 Å². The molecule has 3 aromatic carbocycles. The maximum Gasteiger partial charge on any atom is 0.320 e. The summed E-state index contributed by atoms with van der Waals surface area (Å²) in [5, 5.41) is 6.98. The van der Waals surface area contributed by atoms with E-state index >= 15 is 0 Å². The van der Waals surface area contributed by atoms with E-state index in [9.17, 15) is 4.79 Å². The topological polar surface area (TPSA) is 72.5 Å². The van der Waals surface area contributed by atoms with Crippen molar-refractivity contribution in [3.8, 4) is 11.5 Å². The first kappa shape index (κ1) is 18.9. The fraction of sp³-hybridized carbons (Fsp3) is 0.120. The number of nitrogens with zero attached hydrogens (tertiary/aromatic N) is 1. The number of rotatable bonds is 3. The fourth-order valence-electron chi connectivity index (χ4n) is 4.10. The van der Waals surface area contributed by atoms with Crippen LogP contribution in [0.3, 0.4) is 0 Å². The van der Waals surface area contributed by atoms with Crippen LogP contribution in [-0.4, -0.2) is 24.2 Å². The van der Waals surface area contributed by atoms with Gasteiger partial charge in [0, 0.05) is 5.57 Å². The third kappa shape index (κ3) is 3.27. The monoisotopic (exact) mass is 441 g/mol. The van der Waals surface area contributed by atoms with Gasteiger partial charge in [-0.2, -0.15) is 0 Å². The molecule has 158 valence electrons.